The molecule has 0 spiro atoms. The molecule has 5 heteroatoms. The van der Waals surface area contributed by atoms with Gasteiger partial charge in [-0.25, -0.2) is 0 Å². The first-order valence-electron chi connectivity index (χ1n) is 10.2. The molecule has 1 aromatic carbocycles. The molecule has 0 aliphatic carbocycles. The average molecular weight is 373 g/mol. The molecule has 0 bridgehead atoms. The van der Waals surface area contributed by atoms with E-state index >= 15 is 0 Å². The van der Waals surface area contributed by atoms with Crippen molar-refractivity contribution in [2.24, 2.45) is 5.92 Å². The van der Waals surface area contributed by atoms with E-state index in [4.69, 9.17) is 4.74 Å². The summed E-state index contributed by atoms with van der Waals surface area (Å²) >= 11 is 0. The van der Waals surface area contributed by atoms with Gasteiger partial charge in [0.2, 0.25) is 11.8 Å². The lowest BCUT2D eigenvalue weighted by atomic mass is 9.75. The van der Waals surface area contributed by atoms with Gasteiger partial charge in [-0.15, -0.1) is 0 Å². The molecule has 3 rings (SSSR count). The maximum absolute atomic E-state index is 13.1. The second-order valence-corrected chi connectivity index (χ2v) is 8.08. The zero-order valence-corrected chi connectivity index (χ0v) is 16.7. The third-order valence-electron chi connectivity index (χ3n) is 6.11. The van der Waals surface area contributed by atoms with Gasteiger partial charge >= 0.3 is 0 Å². The van der Waals surface area contributed by atoms with Crippen molar-refractivity contribution in [1.29, 1.82) is 0 Å². The van der Waals surface area contributed by atoms with Crippen molar-refractivity contribution in [1.82, 2.24) is 9.80 Å². The smallest absolute Gasteiger partial charge is 0.248 e. The van der Waals surface area contributed by atoms with Crippen LogP contribution in [0.2, 0.25) is 0 Å². The standard InChI is InChI=1S/C22H32N2O3/c1-3-27-16-20(25)23-14-10-18(11-15-23)21(26)24-13-7-12-22(2,17-24)19-8-5-4-6-9-19/h4-6,8-9,18H,3,7,10-17H2,1-2H3/t22-/m1/s1. The summed E-state index contributed by atoms with van der Waals surface area (Å²) in [6.07, 6.45) is 3.68. The number of hydrogen-bond donors (Lipinski definition) is 0. The van der Waals surface area contributed by atoms with Crippen LogP contribution in [0.4, 0.5) is 0 Å². The van der Waals surface area contributed by atoms with Crippen molar-refractivity contribution in [3.63, 3.8) is 0 Å². The minimum atomic E-state index is 0.0311. The monoisotopic (exact) mass is 372 g/mol. The molecule has 27 heavy (non-hydrogen) atoms. The number of piperidine rings is 2. The SMILES string of the molecule is CCOCC(=O)N1CCC(C(=O)N2CCC[C@@](C)(c3ccccc3)C2)CC1. The summed E-state index contributed by atoms with van der Waals surface area (Å²) in [5.74, 6) is 0.352. The molecular weight excluding hydrogens is 340 g/mol. The minimum Gasteiger partial charge on any atom is -0.372 e. The molecule has 0 unspecified atom stereocenters. The molecule has 0 radical (unpaired) electrons. The van der Waals surface area contributed by atoms with Crippen LogP contribution in [0.3, 0.4) is 0 Å². The Labute approximate surface area is 162 Å². The van der Waals surface area contributed by atoms with E-state index in [1.165, 1.54) is 5.56 Å². The molecule has 0 N–H and O–H groups in total. The summed E-state index contributed by atoms with van der Waals surface area (Å²) in [4.78, 5) is 29.1. The van der Waals surface area contributed by atoms with Gasteiger partial charge in [0.25, 0.3) is 0 Å². The molecule has 1 atom stereocenters. The van der Waals surface area contributed by atoms with Gasteiger partial charge in [-0.1, -0.05) is 37.3 Å². The Morgan fingerprint density at radius 1 is 1.11 bits per heavy atom. The molecule has 5 nitrogen and oxygen atoms in total. The first-order valence-corrected chi connectivity index (χ1v) is 10.2. The van der Waals surface area contributed by atoms with Gasteiger partial charge in [0.15, 0.2) is 0 Å². The first kappa shape index (κ1) is 19.9. The molecule has 148 valence electrons. The van der Waals surface area contributed by atoms with E-state index in [9.17, 15) is 9.59 Å². The van der Waals surface area contributed by atoms with Gasteiger partial charge in [0.1, 0.15) is 6.61 Å². The van der Waals surface area contributed by atoms with E-state index < -0.39 is 0 Å². The van der Waals surface area contributed by atoms with Gasteiger partial charge < -0.3 is 14.5 Å². The highest BCUT2D eigenvalue weighted by molar-refractivity contribution is 5.80. The number of rotatable bonds is 5. The predicted molar refractivity (Wildman–Crippen MR) is 105 cm³/mol. The summed E-state index contributed by atoms with van der Waals surface area (Å²) in [5, 5.41) is 0. The topological polar surface area (TPSA) is 49.9 Å². The molecule has 2 fully saturated rings. The van der Waals surface area contributed by atoms with Crippen LogP contribution in [0.25, 0.3) is 0 Å². The Morgan fingerprint density at radius 2 is 1.81 bits per heavy atom. The Kier molecular flexibility index (Phi) is 6.53. The number of hydrogen-bond acceptors (Lipinski definition) is 3. The zero-order chi connectivity index (χ0) is 19.3. The van der Waals surface area contributed by atoms with Crippen LogP contribution >= 0.6 is 0 Å². The maximum Gasteiger partial charge on any atom is 0.248 e. The lowest BCUT2D eigenvalue weighted by Crippen LogP contribution is -2.51. The van der Waals surface area contributed by atoms with E-state index in [2.05, 4.69) is 36.1 Å². The quantitative estimate of drug-likeness (QED) is 0.799. The van der Waals surface area contributed by atoms with Crippen LogP contribution in [-0.4, -0.2) is 61.0 Å². The minimum absolute atomic E-state index is 0.0311. The fourth-order valence-corrected chi connectivity index (χ4v) is 4.42. The van der Waals surface area contributed by atoms with Crippen molar-refractivity contribution in [3.05, 3.63) is 35.9 Å². The Morgan fingerprint density at radius 3 is 2.48 bits per heavy atom. The zero-order valence-electron chi connectivity index (χ0n) is 16.7. The number of carbonyl (C=O) groups excluding carboxylic acids is 2. The first-order chi connectivity index (χ1) is 13.0. The highest BCUT2D eigenvalue weighted by atomic mass is 16.5. The number of amides is 2. The summed E-state index contributed by atoms with van der Waals surface area (Å²) in [6, 6.07) is 10.6. The number of ether oxygens (including phenoxy) is 1. The lowest BCUT2D eigenvalue weighted by Gasteiger charge is -2.43. The number of carbonyl (C=O) groups is 2. The van der Waals surface area contributed by atoms with Gasteiger partial charge in [-0.2, -0.15) is 0 Å². The Hall–Kier alpha value is -1.88. The maximum atomic E-state index is 13.1. The Balaban J connectivity index is 1.56. The van der Waals surface area contributed by atoms with Crippen molar-refractivity contribution in [2.75, 3.05) is 39.4 Å². The van der Waals surface area contributed by atoms with Crippen LogP contribution in [-0.2, 0) is 19.7 Å². The van der Waals surface area contributed by atoms with Crippen LogP contribution in [0.5, 0.6) is 0 Å². The van der Waals surface area contributed by atoms with E-state index in [-0.39, 0.29) is 29.8 Å². The normalized spacial score (nSPS) is 24.1. The van der Waals surface area contributed by atoms with Gasteiger partial charge in [0, 0.05) is 44.1 Å². The van der Waals surface area contributed by atoms with Gasteiger partial charge in [-0.05, 0) is 38.2 Å². The van der Waals surface area contributed by atoms with Crippen LogP contribution < -0.4 is 0 Å². The number of benzene rings is 1. The fraction of sp³-hybridized carbons (Fsp3) is 0.636. The molecule has 0 aromatic heterocycles. The van der Waals surface area contributed by atoms with Crippen LogP contribution in [0, 0.1) is 5.92 Å². The highest BCUT2D eigenvalue weighted by Crippen LogP contribution is 2.34. The van der Waals surface area contributed by atoms with Gasteiger partial charge in [-0.3, -0.25) is 9.59 Å². The molecule has 1 aromatic rings. The van der Waals surface area contributed by atoms with Crippen molar-refractivity contribution in [3.8, 4) is 0 Å². The van der Waals surface area contributed by atoms with E-state index in [1.54, 1.807) is 0 Å². The van der Waals surface area contributed by atoms with Gasteiger partial charge in [0.05, 0.1) is 0 Å². The molecule has 2 saturated heterocycles. The summed E-state index contributed by atoms with van der Waals surface area (Å²) in [6.45, 7) is 7.82. The largest absolute Gasteiger partial charge is 0.372 e. The summed E-state index contributed by atoms with van der Waals surface area (Å²) in [5.41, 5.74) is 1.35. The predicted octanol–water partition coefficient (Wildman–Crippen LogP) is 2.84. The molecule has 2 heterocycles. The van der Waals surface area contributed by atoms with Crippen LogP contribution in [0.1, 0.15) is 45.1 Å². The molecule has 2 amide bonds. The average Bonchev–Trinajstić information content (AvgIpc) is 2.72. The van der Waals surface area contributed by atoms with Crippen LogP contribution in [0.15, 0.2) is 30.3 Å². The fourth-order valence-electron chi connectivity index (χ4n) is 4.42. The van der Waals surface area contributed by atoms with E-state index in [1.807, 2.05) is 17.9 Å². The van der Waals surface area contributed by atoms with Crippen molar-refractivity contribution >= 4 is 11.8 Å². The third kappa shape index (κ3) is 4.70. The second-order valence-electron chi connectivity index (χ2n) is 8.08. The summed E-state index contributed by atoms with van der Waals surface area (Å²) < 4.78 is 5.22. The molecule has 0 saturated carbocycles. The third-order valence-corrected chi connectivity index (χ3v) is 6.11. The second kappa shape index (κ2) is 8.87. The van der Waals surface area contributed by atoms with Crippen molar-refractivity contribution < 1.29 is 14.3 Å². The van der Waals surface area contributed by atoms with E-state index in [0.717, 1.165) is 38.8 Å². The van der Waals surface area contributed by atoms with E-state index in [0.29, 0.717) is 19.7 Å². The number of nitrogens with zero attached hydrogens (tertiary/aromatic N) is 2. The highest BCUT2D eigenvalue weighted by Gasteiger charge is 2.37. The Bertz CT molecular complexity index is 640. The lowest BCUT2D eigenvalue weighted by molar-refractivity contribution is -0.144. The number of likely N-dealkylation sites (tertiary alicyclic amines) is 2. The molecular formula is C22H32N2O3. The van der Waals surface area contributed by atoms with Crippen molar-refractivity contribution in [2.45, 2.75) is 44.9 Å². The molecule has 2 aliphatic rings. The molecule has 2 aliphatic heterocycles. The summed E-state index contributed by atoms with van der Waals surface area (Å²) in [7, 11) is 0.